The highest BCUT2D eigenvalue weighted by atomic mass is 35.5. The molecule has 0 fully saturated rings. The number of halogens is 4. The molecule has 0 saturated heterocycles. The lowest BCUT2D eigenvalue weighted by molar-refractivity contribution is -0.136. The molecule has 4 aromatic rings. The van der Waals surface area contributed by atoms with Crippen molar-refractivity contribution in [1.29, 1.82) is 0 Å². The van der Waals surface area contributed by atoms with Gasteiger partial charge in [-0.3, -0.25) is 9.36 Å². The second-order valence-electron chi connectivity index (χ2n) is 9.30. The molecule has 198 valence electrons. The first kappa shape index (κ1) is 27.2. The molecule has 1 heterocycles. The number of aromatic nitrogens is 2. The summed E-state index contributed by atoms with van der Waals surface area (Å²) in [6.07, 6.45) is -4.65. The van der Waals surface area contributed by atoms with Crippen molar-refractivity contribution < 1.29 is 18.0 Å². The van der Waals surface area contributed by atoms with Crippen LogP contribution in [0.15, 0.2) is 77.6 Å². The van der Waals surface area contributed by atoms with E-state index in [1.807, 2.05) is 13.8 Å². The Labute approximate surface area is 222 Å². The van der Waals surface area contributed by atoms with Gasteiger partial charge in [-0.2, -0.15) is 13.2 Å². The Hall–Kier alpha value is -3.85. The molecule has 38 heavy (non-hydrogen) atoms. The van der Waals surface area contributed by atoms with Gasteiger partial charge < -0.3 is 10.2 Å². The number of hydrogen-bond acceptors (Lipinski definition) is 3. The molecule has 2 amide bonds. The van der Waals surface area contributed by atoms with Gasteiger partial charge in [0.1, 0.15) is 5.82 Å². The molecule has 1 N–H and O–H groups in total. The normalized spacial score (nSPS) is 12.5. The van der Waals surface area contributed by atoms with Crippen molar-refractivity contribution in [2.75, 3.05) is 11.9 Å². The quantitative estimate of drug-likeness (QED) is 0.278. The van der Waals surface area contributed by atoms with Gasteiger partial charge in [-0.1, -0.05) is 49.7 Å². The number of para-hydroxylation sites is 2. The summed E-state index contributed by atoms with van der Waals surface area (Å²) < 4.78 is 42.1. The SMILES string of the molecule is CC(C)CN(C(=O)Nc1ccccc1C(F)(F)F)C(C)c1nc2ccccc2c(=O)n1-c1ccc(Cl)cc1. The van der Waals surface area contributed by atoms with Crippen LogP contribution in [0.25, 0.3) is 16.6 Å². The average Bonchev–Trinajstić information content (AvgIpc) is 2.87. The van der Waals surface area contributed by atoms with E-state index < -0.39 is 23.8 Å². The number of carbonyl (C=O) groups excluding carboxylic acids is 1. The zero-order chi connectivity index (χ0) is 27.6. The summed E-state index contributed by atoms with van der Waals surface area (Å²) in [7, 11) is 0. The maximum atomic E-state index is 13.6. The van der Waals surface area contributed by atoms with Gasteiger partial charge in [-0.05, 0) is 61.4 Å². The molecule has 1 atom stereocenters. The van der Waals surface area contributed by atoms with E-state index >= 15 is 0 Å². The Bertz CT molecular complexity index is 1520. The Balaban J connectivity index is 1.84. The molecule has 10 heteroatoms. The smallest absolute Gasteiger partial charge is 0.314 e. The zero-order valence-electron chi connectivity index (χ0n) is 21.0. The summed E-state index contributed by atoms with van der Waals surface area (Å²) in [5, 5.41) is 3.29. The van der Waals surface area contributed by atoms with Crippen LogP contribution < -0.4 is 10.9 Å². The number of nitrogens with one attached hydrogen (secondary N) is 1. The van der Waals surface area contributed by atoms with Crippen LogP contribution in [-0.4, -0.2) is 27.0 Å². The van der Waals surface area contributed by atoms with Crippen LogP contribution in [0.1, 0.15) is 38.2 Å². The molecule has 1 unspecified atom stereocenters. The van der Waals surface area contributed by atoms with Gasteiger partial charge >= 0.3 is 12.2 Å². The number of anilines is 1. The Morgan fingerprint density at radius 3 is 2.29 bits per heavy atom. The van der Waals surface area contributed by atoms with Crippen LogP contribution in [0.5, 0.6) is 0 Å². The third-order valence-electron chi connectivity index (χ3n) is 6.02. The molecule has 0 saturated carbocycles. The third kappa shape index (κ3) is 5.67. The molecule has 4 rings (SSSR count). The lowest BCUT2D eigenvalue weighted by atomic mass is 10.1. The molecule has 1 aromatic heterocycles. The van der Waals surface area contributed by atoms with E-state index in [2.05, 4.69) is 5.32 Å². The van der Waals surface area contributed by atoms with Crippen molar-refractivity contribution in [3.8, 4) is 5.69 Å². The minimum atomic E-state index is -4.65. The van der Waals surface area contributed by atoms with Gasteiger partial charge in [0.2, 0.25) is 0 Å². The number of nitrogens with zero attached hydrogens (tertiary/aromatic N) is 3. The maximum Gasteiger partial charge on any atom is 0.418 e. The minimum Gasteiger partial charge on any atom is -0.314 e. The fraction of sp³-hybridized carbons (Fsp3) is 0.250. The number of alkyl halides is 3. The molecule has 0 aliphatic rings. The Morgan fingerprint density at radius 1 is 1.00 bits per heavy atom. The summed E-state index contributed by atoms with van der Waals surface area (Å²) in [5.74, 6) is 0.230. The molecule has 0 aliphatic carbocycles. The van der Waals surface area contributed by atoms with E-state index in [0.29, 0.717) is 21.6 Å². The molecular weight excluding hydrogens is 517 g/mol. The number of carbonyl (C=O) groups is 1. The molecule has 0 spiro atoms. The van der Waals surface area contributed by atoms with Gasteiger partial charge in [0.25, 0.3) is 5.56 Å². The summed E-state index contributed by atoms with van der Waals surface area (Å²) in [6, 6.07) is 16.7. The van der Waals surface area contributed by atoms with Crippen LogP contribution in [-0.2, 0) is 6.18 Å². The van der Waals surface area contributed by atoms with Crippen molar-refractivity contribution in [1.82, 2.24) is 14.5 Å². The number of urea groups is 1. The van der Waals surface area contributed by atoms with E-state index in [1.165, 1.54) is 27.7 Å². The van der Waals surface area contributed by atoms with Crippen molar-refractivity contribution in [3.63, 3.8) is 0 Å². The van der Waals surface area contributed by atoms with Crippen molar-refractivity contribution >= 4 is 34.2 Å². The molecule has 3 aromatic carbocycles. The van der Waals surface area contributed by atoms with Gasteiger partial charge in [0, 0.05) is 11.6 Å². The van der Waals surface area contributed by atoms with Crippen molar-refractivity contribution in [2.24, 2.45) is 5.92 Å². The van der Waals surface area contributed by atoms with Gasteiger partial charge in [-0.25, -0.2) is 9.78 Å². The maximum absolute atomic E-state index is 13.6. The zero-order valence-corrected chi connectivity index (χ0v) is 21.7. The molecular formula is C28H26ClF3N4O2. The number of hydrogen-bond donors (Lipinski definition) is 1. The van der Waals surface area contributed by atoms with E-state index in [9.17, 15) is 22.8 Å². The van der Waals surface area contributed by atoms with Crippen molar-refractivity contribution in [2.45, 2.75) is 33.0 Å². The second kappa shape index (κ2) is 10.9. The fourth-order valence-electron chi connectivity index (χ4n) is 4.25. The predicted octanol–water partition coefficient (Wildman–Crippen LogP) is 7.31. The second-order valence-corrected chi connectivity index (χ2v) is 9.74. The monoisotopic (exact) mass is 542 g/mol. The van der Waals surface area contributed by atoms with Crippen LogP contribution in [0, 0.1) is 5.92 Å². The third-order valence-corrected chi connectivity index (χ3v) is 6.28. The van der Waals surface area contributed by atoms with E-state index in [4.69, 9.17) is 16.6 Å². The standard InChI is InChI=1S/C28H26ClF3N4O2/c1-17(2)16-35(27(38)34-24-11-7-5-9-22(24)28(30,31)32)18(3)25-33-23-10-6-4-8-21(23)26(37)36(25)20-14-12-19(29)13-15-20/h4-15,17-18H,16H2,1-3H3,(H,34,38). The Kier molecular flexibility index (Phi) is 7.78. The summed E-state index contributed by atoms with van der Waals surface area (Å²) >= 11 is 6.06. The number of benzene rings is 3. The van der Waals surface area contributed by atoms with Crippen LogP contribution in [0.3, 0.4) is 0 Å². The molecule has 0 radical (unpaired) electrons. The van der Waals surface area contributed by atoms with Gasteiger partial charge in [-0.15, -0.1) is 0 Å². The predicted molar refractivity (Wildman–Crippen MR) is 143 cm³/mol. The summed E-state index contributed by atoms with van der Waals surface area (Å²) in [5.41, 5.74) is -0.712. The Morgan fingerprint density at radius 2 is 1.63 bits per heavy atom. The first-order valence-corrected chi connectivity index (χ1v) is 12.4. The van der Waals surface area contributed by atoms with E-state index in [1.54, 1.807) is 55.5 Å². The molecule has 0 bridgehead atoms. The van der Waals surface area contributed by atoms with Crippen LogP contribution in [0.4, 0.5) is 23.7 Å². The van der Waals surface area contributed by atoms with Gasteiger partial charge in [0.15, 0.2) is 0 Å². The molecule has 0 aliphatic heterocycles. The summed E-state index contributed by atoms with van der Waals surface area (Å²) in [4.78, 5) is 33.3. The van der Waals surface area contributed by atoms with E-state index in [-0.39, 0.29) is 29.5 Å². The first-order chi connectivity index (χ1) is 18.0. The fourth-order valence-corrected chi connectivity index (χ4v) is 4.37. The topological polar surface area (TPSA) is 67.2 Å². The minimum absolute atomic E-state index is 0.0304. The largest absolute Gasteiger partial charge is 0.418 e. The molecule has 6 nitrogen and oxygen atoms in total. The summed E-state index contributed by atoms with van der Waals surface area (Å²) in [6.45, 7) is 5.67. The highest BCUT2D eigenvalue weighted by molar-refractivity contribution is 6.30. The number of rotatable bonds is 6. The number of amides is 2. The van der Waals surface area contributed by atoms with E-state index in [0.717, 1.165) is 6.07 Å². The number of fused-ring (bicyclic) bond motifs is 1. The average molecular weight is 543 g/mol. The highest BCUT2D eigenvalue weighted by Gasteiger charge is 2.35. The van der Waals surface area contributed by atoms with Crippen molar-refractivity contribution in [3.05, 3.63) is 99.6 Å². The van der Waals surface area contributed by atoms with Crippen LogP contribution >= 0.6 is 11.6 Å². The van der Waals surface area contributed by atoms with Gasteiger partial charge in [0.05, 0.1) is 33.9 Å². The first-order valence-electron chi connectivity index (χ1n) is 12.0. The highest BCUT2D eigenvalue weighted by Crippen LogP contribution is 2.35. The lowest BCUT2D eigenvalue weighted by Crippen LogP contribution is -2.42. The lowest BCUT2D eigenvalue weighted by Gasteiger charge is -2.32. The van der Waals surface area contributed by atoms with Crippen LogP contribution in [0.2, 0.25) is 5.02 Å².